The monoisotopic (exact) mass is 359 g/mol. The van der Waals surface area contributed by atoms with Crippen LogP contribution in [-0.4, -0.2) is 28.6 Å². The summed E-state index contributed by atoms with van der Waals surface area (Å²) in [6.45, 7) is 0.0768. The van der Waals surface area contributed by atoms with Gasteiger partial charge in [-0.05, 0) is 37.6 Å². The lowest BCUT2D eigenvalue weighted by Gasteiger charge is -2.11. The van der Waals surface area contributed by atoms with E-state index < -0.39 is 12.5 Å². The predicted molar refractivity (Wildman–Crippen MR) is 94.5 cm³/mol. The third-order valence-electron chi connectivity index (χ3n) is 4.04. The molecular formula is C19H19F2N3O2. The van der Waals surface area contributed by atoms with Crippen LogP contribution >= 0.6 is 0 Å². The van der Waals surface area contributed by atoms with Crippen LogP contribution in [0.15, 0.2) is 48.5 Å². The smallest absolute Gasteiger partial charge is 0.387 e. The molecule has 0 fully saturated rings. The van der Waals surface area contributed by atoms with E-state index in [0.717, 1.165) is 16.9 Å². The number of nitrogens with zero attached hydrogens (tertiary/aromatic N) is 2. The van der Waals surface area contributed by atoms with Crippen LogP contribution in [-0.2, 0) is 6.54 Å². The van der Waals surface area contributed by atoms with Gasteiger partial charge in [0, 0.05) is 13.1 Å². The number of hydrogen-bond donors (Lipinski definition) is 1. The van der Waals surface area contributed by atoms with Crippen molar-refractivity contribution >= 4 is 16.9 Å². The van der Waals surface area contributed by atoms with Crippen LogP contribution in [0.4, 0.5) is 8.78 Å². The third kappa shape index (κ3) is 3.99. The minimum absolute atomic E-state index is 0.0945. The zero-order valence-corrected chi connectivity index (χ0v) is 14.3. The van der Waals surface area contributed by atoms with Gasteiger partial charge in [-0.1, -0.05) is 24.3 Å². The van der Waals surface area contributed by atoms with Crippen molar-refractivity contribution in [3.05, 3.63) is 59.9 Å². The van der Waals surface area contributed by atoms with E-state index in [1.165, 1.54) is 12.1 Å². The van der Waals surface area contributed by atoms with Crippen molar-refractivity contribution in [2.75, 3.05) is 6.54 Å². The number of hydrogen-bond acceptors (Lipinski definition) is 3. The van der Waals surface area contributed by atoms with Gasteiger partial charge < -0.3 is 14.6 Å². The van der Waals surface area contributed by atoms with Crippen LogP contribution < -0.4 is 10.1 Å². The third-order valence-corrected chi connectivity index (χ3v) is 4.04. The Morgan fingerprint density at radius 3 is 2.73 bits per heavy atom. The van der Waals surface area contributed by atoms with Gasteiger partial charge in [0.05, 0.1) is 16.6 Å². The van der Waals surface area contributed by atoms with E-state index in [1.54, 1.807) is 12.1 Å². The van der Waals surface area contributed by atoms with Gasteiger partial charge in [0.25, 0.3) is 5.91 Å². The number of carbonyl (C=O) groups is 1. The zero-order valence-electron chi connectivity index (χ0n) is 14.3. The number of alkyl halides is 2. The zero-order chi connectivity index (χ0) is 18.5. The Morgan fingerprint density at radius 1 is 1.19 bits per heavy atom. The van der Waals surface area contributed by atoms with Crippen molar-refractivity contribution in [1.29, 1.82) is 0 Å². The molecule has 0 aliphatic heterocycles. The molecule has 7 heteroatoms. The average Bonchev–Trinajstić information content (AvgIpc) is 2.94. The minimum atomic E-state index is -2.97. The molecule has 3 rings (SSSR count). The summed E-state index contributed by atoms with van der Waals surface area (Å²) in [6.07, 6.45) is 0.685. The number of benzene rings is 2. The van der Waals surface area contributed by atoms with Gasteiger partial charge in [0.2, 0.25) is 0 Å². The molecule has 0 saturated carbocycles. The number of aromatic nitrogens is 2. The van der Waals surface area contributed by atoms with Crippen LogP contribution in [0.5, 0.6) is 5.75 Å². The van der Waals surface area contributed by atoms with Gasteiger partial charge in [0.1, 0.15) is 11.6 Å². The predicted octanol–water partition coefficient (Wildman–Crippen LogP) is 3.77. The standard InChI is InChI=1S/C19H19F2N3O2/c1-13-23-15-8-3-4-9-16(15)24(13)12-6-11-22-18(25)14-7-2-5-10-17(14)26-19(20)21/h2-5,7-10,19H,6,11-12H2,1H3,(H,22,25). The van der Waals surface area contributed by atoms with Gasteiger partial charge in [-0.2, -0.15) is 8.78 Å². The first kappa shape index (κ1) is 17.8. The molecule has 0 aliphatic carbocycles. The summed E-state index contributed by atoms with van der Waals surface area (Å²) < 4.78 is 31.3. The van der Waals surface area contributed by atoms with E-state index in [4.69, 9.17) is 0 Å². The molecule has 0 atom stereocenters. The Morgan fingerprint density at radius 2 is 1.92 bits per heavy atom. The van der Waals surface area contributed by atoms with E-state index in [-0.39, 0.29) is 11.3 Å². The second-order valence-electron chi connectivity index (χ2n) is 5.78. The fourth-order valence-electron chi connectivity index (χ4n) is 2.87. The molecule has 0 unspecified atom stereocenters. The Bertz CT molecular complexity index is 909. The number of fused-ring (bicyclic) bond motifs is 1. The summed E-state index contributed by atoms with van der Waals surface area (Å²) in [6, 6.07) is 13.8. The maximum absolute atomic E-state index is 12.4. The van der Waals surface area contributed by atoms with E-state index >= 15 is 0 Å². The number of carbonyl (C=O) groups excluding carboxylic acids is 1. The first-order valence-corrected chi connectivity index (χ1v) is 8.30. The van der Waals surface area contributed by atoms with Gasteiger partial charge in [-0.15, -0.1) is 0 Å². The Balaban J connectivity index is 1.58. The molecule has 1 N–H and O–H groups in total. The van der Waals surface area contributed by atoms with E-state index in [2.05, 4.69) is 19.6 Å². The van der Waals surface area contributed by atoms with Crippen molar-refractivity contribution in [1.82, 2.24) is 14.9 Å². The summed E-state index contributed by atoms with van der Waals surface area (Å²) in [5, 5.41) is 2.74. The largest absolute Gasteiger partial charge is 0.434 e. The molecule has 0 aliphatic rings. The van der Waals surface area contributed by atoms with E-state index in [0.29, 0.717) is 19.5 Å². The molecule has 1 amide bonds. The number of halogens is 2. The number of rotatable bonds is 7. The summed E-state index contributed by atoms with van der Waals surface area (Å²) in [4.78, 5) is 16.7. The maximum atomic E-state index is 12.4. The molecule has 26 heavy (non-hydrogen) atoms. The number of amides is 1. The highest BCUT2D eigenvalue weighted by Gasteiger charge is 2.15. The van der Waals surface area contributed by atoms with Crippen LogP contribution in [0, 0.1) is 6.92 Å². The van der Waals surface area contributed by atoms with Crippen LogP contribution in [0.25, 0.3) is 11.0 Å². The Labute approximate surface area is 149 Å². The number of aryl methyl sites for hydroxylation is 2. The van der Waals surface area contributed by atoms with Crippen LogP contribution in [0.2, 0.25) is 0 Å². The van der Waals surface area contributed by atoms with E-state index in [1.807, 2.05) is 31.2 Å². The maximum Gasteiger partial charge on any atom is 0.387 e. The molecular weight excluding hydrogens is 340 g/mol. The molecule has 2 aromatic carbocycles. The minimum Gasteiger partial charge on any atom is -0.434 e. The van der Waals surface area contributed by atoms with Crippen LogP contribution in [0.3, 0.4) is 0 Å². The number of para-hydroxylation sites is 3. The summed E-state index contributed by atoms with van der Waals surface area (Å²) in [5.41, 5.74) is 2.08. The first-order chi connectivity index (χ1) is 12.6. The van der Waals surface area contributed by atoms with Gasteiger partial charge in [0.15, 0.2) is 0 Å². The Hall–Kier alpha value is -2.96. The molecule has 1 aromatic heterocycles. The lowest BCUT2D eigenvalue weighted by Crippen LogP contribution is -2.26. The molecule has 136 valence electrons. The lowest BCUT2D eigenvalue weighted by atomic mass is 10.2. The normalized spacial score (nSPS) is 11.1. The second-order valence-corrected chi connectivity index (χ2v) is 5.78. The summed E-state index contributed by atoms with van der Waals surface area (Å²) in [5.74, 6) is 0.345. The average molecular weight is 359 g/mol. The van der Waals surface area contributed by atoms with Crippen molar-refractivity contribution in [2.24, 2.45) is 0 Å². The molecule has 0 bridgehead atoms. The molecule has 0 saturated heterocycles. The van der Waals surface area contributed by atoms with Crippen molar-refractivity contribution in [3.8, 4) is 5.75 Å². The first-order valence-electron chi connectivity index (χ1n) is 8.30. The highest BCUT2D eigenvalue weighted by molar-refractivity contribution is 5.96. The highest BCUT2D eigenvalue weighted by atomic mass is 19.3. The highest BCUT2D eigenvalue weighted by Crippen LogP contribution is 2.20. The Kier molecular flexibility index (Phi) is 5.46. The quantitative estimate of drug-likeness (QED) is 0.654. The number of nitrogens with one attached hydrogen (secondary N) is 1. The second kappa shape index (κ2) is 7.95. The van der Waals surface area contributed by atoms with Crippen LogP contribution in [0.1, 0.15) is 22.6 Å². The summed E-state index contributed by atoms with van der Waals surface area (Å²) >= 11 is 0. The van der Waals surface area contributed by atoms with Gasteiger partial charge >= 0.3 is 6.61 Å². The topological polar surface area (TPSA) is 56.2 Å². The molecule has 0 spiro atoms. The van der Waals surface area contributed by atoms with Crippen molar-refractivity contribution in [2.45, 2.75) is 26.5 Å². The number of ether oxygens (including phenoxy) is 1. The number of imidazole rings is 1. The molecule has 0 radical (unpaired) electrons. The molecule has 5 nitrogen and oxygen atoms in total. The van der Waals surface area contributed by atoms with E-state index in [9.17, 15) is 13.6 Å². The van der Waals surface area contributed by atoms with Crippen molar-refractivity contribution in [3.63, 3.8) is 0 Å². The fraction of sp³-hybridized carbons (Fsp3) is 0.263. The SMILES string of the molecule is Cc1nc2ccccc2n1CCCNC(=O)c1ccccc1OC(F)F. The fourth-order valence-corrected chi connectivity index (χ4v) is 2.87. The molecule has 3 aromatic rings. The lowest BCUT2D eigenvalue weighted by molar-refractivity contribution is -0.0501. The molecule has 1 heterocycles. The van der Waals surface area contributed by atoms with Crippen molar-refractivity contribution < 1.29 is 18.3 Å². The summed E-state index contributed by atoms with van der Waals surface area (Å²) in [7, 11) is 0. The van der Waals surface area contributed by atoms with Gasteiger partial charge in [-0.3, -0.25) is 4.79 Å². The van der Waals surface area contributed by atoms with Gasteiger partial charge in [-0.25, -0.2) is 4.98 Å².